The Hall–Kier alpha value is -1.49. The first-order chi connectivity index (χ1) is 9.15. The summed E-state index contributed by atoms with van der Waals surface area (Å²) in [6.45, 7) is 0.661. The van der Waals surface area contributed by atoms with Crippen molar-refractivity contribution in [1.29, 1.82) is 0 Å². The van der Waals surface area contributed by atoms with Crippen molar-refractivity contribution in [3.8, 4) is 0 Å². The zero-order valence-electron chi connectivity index (χ0n) is 9.95. The molecule has 0 aliphatic carbocycles. The lowest BCUT2D eigenvalue weighted by atomic mass is 10.3. The summed E-state index contributed by atoms with van der Waals surface area (Å²) in [6, 6.07) is 8.54. The average Bonchev–Trinajstić information content (AvgIpc) is 2.86. The van der Waals surface area contributed by atoms with Crippen molar-refractivity contribution in [3.63, 3.8) is 0 Å². The molecule has 0 saturated heterocycles. The smallest absolute Gasteiger partial charge is 0.238 e. The number of anilines is 1. The molecular weight excluding hydrogens is 287 g/mol. The van der Waals surface area contributed by atoms with E-state index in [4.69, 9.17) is 27.6 Å². The van der Waals surface area contributed by atoms with Crippen LogP contribution >= 0.6 is 23.2 Å². The van der Waals surface area contributed by atoms with E-state index in [0.717, 1.165) is 5.76 Å². The Bertz CT molecular complexity index is 556. The second kappa shape index (κ2) is 6.61. The second-order valence-electron chi connectivity index (χ2n) is 3.86. The van der Waals surface area contributed by atoms with Crippen molar-refractivity contribution in [2.75, 3.05) is 11.9 Å². The van der Waals surface area contributed by atoms with Crippen LogP contribution in [0.5, 0.6) is 0 Å². The maximum absolute atomic E-state index is 11.7. The number of benzene rings is 1. The molecule has 1 aromatic carbocycles. The van der Waals surface area contributed by atoms with Gasteiger partial charge in [-0.2, -0.15) is 0 Å². The number of hydrogen-bond acceptors (Lipinski definition) is 3. The van der Waals surface area contributed by atoms with Crippen molar-refractivity contribution in [3.05, 3.63) is 52.4 Å². The fourth-order valence-electron chi connectivity index (χ4n) is 1.50. The lowest BCUT2D eigenvalue weighted by Gasteiger charge is -2.07. The third kappa shape index (κ3) is 4.28. The second-order valence-corrected chi connectivity index (χ2v) is 4.70. The molecule has 2 rings (SSSR count). The molecule has 6 heteroatoms. The zero-order chi connectivity index (χ0) is 13.7. The monoisotopic (exact) mass is 298 g/mol. The van der Waals surface area contributed by atoms with E-state index in [1.807, 2.05) is 6.07 Å². The van der Waals surface area contributed by atoms with Gasteiger partial charge in [-0.15, -0.1) is 0 Å². The molecule has 0 saturated carbocycles. The van der Waals surface area contributed by atoms with Gasteiger partial charge in [-0.1, -0.05) is 23.2 Å². The lowest BCUT2D eigenvalue weighted by Crippen LogP contribution is -2.27. The largest absolute Gasteiger partial charge is 0.468 e. The highest BCUT2D eigenvalue weighted by molar-refractivity contribution is 6.36. The van der Waals surface area contributed by atoms with Crippen molar-refractivity contribution >= 4 is 34.8 Å². The van der Waals surface area contributed by atoms with E-state index >= 15 is 0 Å². The fraction of sp³-hybridized carbons (Fsp3) is 0.154. The third-order valence-electron chi connectivity index (χ3n) is 2.37. The van der Waals surface area contributed by atoms with Crippen molar-refractivity contribution in [2.24, 2.45) is 0 Å². The van der Waals surface area contributed by atoms with Gasteiger partial charge in [0.25, 0.3) is 0 Å². The zero-order valence-corrected chi connectivity index (χ0v) is 11.5. The van der Waals surface area contributed by atoms with Gasteiger partial charge in [-0.3, -0.25) is 4.79 Å². The third-order valence-corrected chi connectivity index (χ3v) is 2.92. The van der Waals surface area contributed by atoms with Crippen LogP contribution in [0.25, 0.3) is 0 Å². The number of nitrogens with one attached hydrogen (secondary N) is 2. The number of halogens is 2. The van der Waals surface area contributed by atoms with Crippen LogP contribution in [-0.2, 0) is 11.3 Å². The van der Waals surface area contributed by atoms with Crippen LogP contribution in [0.2, 0.25) is 10.0 Å². The standard InChI is InChI=1S/C13H12Cl2N2O2/c14-9-3-4-12(11(15)6-9)17-13(18)8-16-7-10-2-1-5-19-10/h1-6,16H,7-8H2,(H,17,18). The van der Waals surface area contributed by atoms with E-state index in [9.17, 15) is 4.79 Å². The van der Waals surface area contributed by atoms with Crippen LogP contribution in [0.4, 0.5) is 5.69 Å². The number of hydrogen-bond donors (Lipinski definition) is 2. The summed E-state index contributed by atoms with van der Waals surface area (Å²) in [5.74, 6) is 0.591. The molecule has 4 nitrogen and oxygen atoms in total. The number of amides is 1. The first kappa shape index (κ1) is 13.9. The number of rotatable bonds is 5. The molecule has 0 atom stereocenters. The van der Waals surface area contributed by atoms with Crippen molar-refractivity contribution in [2.45, 2.75) is 6.54 Å². The van der Waals surface area contributed by atoms with Gasteiger partial charge in [0.05, 0.1) is 30.1 Å². The summed E-state index contributed by atoms with van der Waals surface area (Å²) in [5.41, 5.74) is 0.538. The molecule has 0 aliphatic heterocycles. The molecule has 0 spiro atoms. The highest BCUT2D eigenvalue weighted by Crippen LogP contribution is 2.25. The van der Waals surface area contributed by atoms with E-state index in [1.165, 1.54) is 0 Å². The molecule has 0 aliphatic rings. The van der Waals surface area contributed by atoms with E-state index in [1.54, 1.807) is 30.5 Å². The van der Waals surface area contributed by atoms with Gasteiger partial charge in [0.15, 0.2) is 0 Å². The predicted octanol–water partition coefficient (Wildman–Crippen LogP) is 3.31. The highest BCUT2D eigenvalue weighted by atomic mass is 35.5. The molecule has 19 heavy (non-hydrogen) atoms. The highest BCUT2D eigenvalue weighted by Gasteiger charge is 2.06. The predicted molar refractivity (Wildman–Crippen MR) is 75.5 cm³/mol. The van der Waals surface area contributed by atoms with Crippen LogP contribution in [0.1, 0.15) is 5.76 Å². The first-order valence-electron chi connectivity index (χ1n) is 5.63. The minimum atomic E-state index is -0.184. The Balaban J connectivity index is 1.80. The van der Waals surface area contributed by atoms with E-state index in [2.05, 4.69) is 10.6 Å². The molecule has 100 valence electrons. The number of carbonyl (C=O) groups is 1. The van der Waals surface area contributed by atoms with Crippen LogP contribution < -0.4 is 10.6 Å². The summed E-state index contributed by atoms with van der Waals surface area (Å²) in [5, 5.41) is 6.59. The number of carbonyl (C=O) groups excluding carboxylic acids is 1. The van der Waals surface area contributed by atoms with E-state index in [0.29, 0.717) is 22.3 Å². The summed E-state index contributed by atoms with van der Waals surface area (Å²) in [7, 11) is 0. The lowest BCUT2D eigenvalue weighted by molar-refractivity contribution is -0.115. The maximum Gasteiger partial charge on any atom is 0.238 e. The first-order valence-corrected chi connectivity index (χ1v) is 6.39. The van der Waals surface area contributed by atoms with Gasteiger partial charge in [-0.25, -0.2) is 0 Å². The maximum atomic E-state index is 11.7. The molecule has 1 aromatic heterocycles. The minimum absolute atomic E-state index is 0.166. The molecule has 1 heterocycles. The molecule has 0 radical (unpaired) electrons. The van der Waals surface area contributed by atoms with Gasteiger partial charge in [-0.05, 0) is 30.3 Å². The molecule has 2 aromatic rings. The Morgan fingerprint density at radius 1 is 1.26 bits per heavy atom. The Kier molecular flexibility index (Phi) is 4.85. The Morgan fingerprint density at radius 3 is 2.79 bits per heavy atom. The Labute approximate surface area is 120 Å². The molecular formula is C13H12Cl2N2O2. The molecule has 0 bridgehead atoms. The van der Waals surface area contributed by atoms with Gasteiger partial charge in [0.2, 0.25) is 5.91 Å². The molecule has 2 N–H and O–H groups in total. The van der Waals surface area contributed by atoms with E-state index in [-0.39, 0.29) is 12.5 Å². The van der Waals surface area contributed by atoms with Crippen molar-refractivity contribution in [1.82, 2.24) is 5.32 Å². The van der Waals surface area contributed by atoms with Crippen LogP contribution in [0, 0.1) is 0 Å². The molecule has 0 fully saturated rings. The fourth-order valence-corrected chi connectivity index (χ4v) is 1.95. The quantitative estimate of drug-likeness (QED) is 0.890. The number of furan rings is 1. The van der Waals surface area contributed by atoms with Gasteiger partial charge in [0, 0.05) is 5.02 Å². The Morgan fingerprint density at radius 2 is 2.11 bits per heavy atom. The summed E-state index contributed by atoms with van der Waals surface area (Å²) >= 11 is 11.7. The normalized spacial score (nSPS) is 10.4. The molecule has 1 amide bonds. The van der Waals surface area contributed by atoms with Gasteiger partial charge in [0.1, 0.15) is 5.76 Å². The molecule has 0 unspecified atom stereocenters. The van der Waals surface area contributed by atoms with Gasteiger partial charge < -0.3 is 15.1 Å². The SMILES string of the molecule is O=C(CNCc1ccco1)Nc1ccc(Cl)cc1Cl. The minimum Gasteiger partial charge on any atom is -0.468 e. The van der Waals surface area contributed by atoms with E-state index < -0.39 is 0 Å². The summed E-state index contributed by atoms with van der Waals surface area (Å²) in [4.78, 5) is 11.7. The van der Waals surface area contributed by atoms with Crippen LogP contribution in [-0.4, -0.2) is 12.5 Å². The van der Waals surface area contributed by atoms with Crippen molar-refractivity contribution < 1.29 is 9.21 Å². The van der Waals surface area contributed by atoms with Crippen LogP contribution in [0.3, 0.4) is 0 Å². The summed E-state index contributed by atoms with van der Waals surface area (Å²) < 4.78 is 5.14. The topological polar surface area (TPSA) is 54.3 Å². The average molecular weight is 299 g/mol. The van der Waals surface area contributed by atoms with Gasteiger partial charge >= 0.3 is 0 Å². The summed E-state index contributed by atoms with van der Waals surface area (Å²) in [6.07, 6.45) is 1.59. The van der Waals surface area contributed by atoms with Crippen LogP contribution in [0.15, 0.2) is 41.0 Å².